The number of nitrogens with zero attached hydrogens (tertiary/aromatic N) is 5. The van der Waals surface area contributed by atoms with Gasteiger partial charge >= 0.3 is 0 Å². The van der Waals surface area contributed by atoms with Crippen LogP contribution in [0.15, 0.2) is 48.7 Å². The Hall–Kier alpha value is -3.03. The summed E-state index contributed by atoms with van der Waals surface area (Å²) in [5, 5.41) is 24.9. The summed E-state index contributed by atoms with van der Waals surface area (Å²) in [5.74, 6) is 1.39. The highest BCUT2D eigenvalue weighted by atomic mass is 35.5. The number of aromatic nitrogens is 6. The second-order valence-electron chi connectivity index (χ2n) is 7.08. The molecule has 0 aliphatic heterocycles. The molecule has 0 aliphatic carbocycles. The Morgan fingerprint density at radius 3 is 2.67 bits per heavy atom. The molecule has 30 heavy (non-hydrogen) atoms. The zero-order valence-corrected chi connectivity index (χ0v) is 17.5. The second kappa shape index (κ2) is 9.19. The SMILES string of the molecule is CCCCc1ncc(CO)n1Cc1ccc(-c2ccccc2)c(-c2nn[nH]n2)c1Cl. The van der Waals surface area contributed by atoms with E-state index in [1.807, 2.05) is 47.0 Å². The molecule has 2 N–H and O–H groups in total. The van der Waals surface area contributed by atoms with E-state index in [-0.39, 0.29) is 6.61 Å². The minimum atomic E-state index is -0.0729. The van der Waals surface area contributed by atoms with Crippen LogP contribution in [-0.4, -0.2) is 35.3 Å². The first-order valence-corrected chi connectivity index (χ1v) is 10.4. The summed E-state index contributed by atoms with van der Waals surface area (Å²) in [6.45, 7) is 2.58. The van der Waals surface area contributed by atoms with E-state index in [1.165, 1.54) is 0 Å². The maximum atomic E-state index is 9.78. The lowest BCUT2D eigenvalue weighted by Crippen LogP contribution is -2.10. The average molecular weight is 423 g/mol. The summed E-state index contributed by atoms with van der Waals surface area (Å²) in [6.07, 6.45) is 4.71. The van der Waals surface area contributed by atoms with Crippen molar-refractivity contribution in [1.82, 2.24) is 30.2 Å². The van der Waals surface area contributed by atoms with Gasteiger partial charge in [-0.2, -0.15) is 5.21 Å². The van der Waals surface area contributed by atoms with Crippen LogP contribution in [0.25, 0.3) is 22.5 Å². The van der Waals surface area contributed by atoms with Gasteiger partial charge in [-0.3, -0.25) is 0 Å². The lowest BCUT2D eigenvalue weighted by atomic mass is 9.96. The van der Waals surface area contributed by atoms with Crippen molar-refractivity contribution in [2.45, 2.75) is 39.3 Å². The van der Waals surface area contributed by atoms with E-state index in [0.29, 0.717) is 17.4 Å². The van der Waals surface area contributed by atoms with E-state index in [9.17, 15) is 5.11 Å². The van der Waals surface area contributed by atoms with Gasteiger partial charge in [-0.25, -0.2) is 4.98 Å². The van der Waals surface area contributed by atoms with Crippen molar-refractivity contribution >= 4 is 11.6 Å². The van der Waals surface area contributed by atoms with Gasteiger partial charge in [0.1, 0.15) is 5.82 Å². The topological polar surface area (TPSA) is 92.5 Å². The number of benzene rings is 2. The second-order valence-corrected chi connectivity index (χ2v) is 7.45. The Labute approximate surface area is 179 Å². The Kier molecular flexibility index (Phi) is 6.21. The van der Waals surface area contributed by atoms with E-state index in [4.69, 9.17) is 11.6 Å². The van der Waals surface area contributed by atoms with Gasteiger partial charge in [0, 0.05) is 12.0 Å². The number of nitrogens with one attached hydrogen (secondary N) is 1. The number of aliphatic hydroxyl groups is 1. The first-order valence-electron chi connectivity index (χ1n) is 9.97. The van der Waals surface area contributed by atoms with Crippen molar-refractivity contribution in [1.29, 1.82) is 0 Å². The number of imidazole rings is 1. The molecule has 0 saturated carbocycles. The molecule has 2 aromatic carbocycles. The summed E-state index contributed by atoms with van der Waals surface area (Å²) < 4.78 is 2.04. The highest BCUT2D eigenvalue weighted by molar-refractivity contribution is 6.34. The van der Waals surface area contributed by atoms with E-state index >= 15 is 0 Å². The first kappa shape index (κ1) is 20.3. The van der Waals surface area contributed by atoms with Gasteiger partial charge in [-0.05, 0) is 28.3 Å². The lowest BCUT2D eigenvalue weighted by Gasteiger charge is -2.16. The largest absolute Gasteiger partial charge is 0.390 e. The normalized spacial score (nSPS) is 11.2. The molecule has 0 fully saturated rings. The predicted octanol–water partition coefficient (Wildman–Crippen LogP) is 4.27. The third-order valence-corrected chi connectivity index (χ3v) is 5.57. The van der Waals surface area contributed by atoms with Gasteiger partial charge in [0.2, 0.25) is 5.82 Å². The van der Waals surface area contributed by atoms with E-state index < -0.39 is 0 Å². The minimum Gasteiger partial charge on any atom is -0.390 e. The Morgan fingerprint density at radius 1 is 1.13 bits per heavy atom. The third kappa shape index (κ3) is 3.99. The summed E-state index contributed by atoms with van der Waals surface area (Å²) in [7, 11) is 0. The number of aromatic amines is 1. The molecule has 7 nitrogen and oxygen atoms in total. The minimum absolute atomic E-state index is 0.0729. The molecule has 0 saturated heterocycles. The van der Waals surface area contributed by atoms with Crippen LogP contribution in [-0.2, 0) is 19.6 Å². The fraction of sp³-hybridized carbons (Fsp3) is 0.273. The van der Waals surface area contributed by atoms with Gasteiger partial charge in [0.25, 0.3) is 0 Å². The van der Waals surface area contributed by atoms with E-state index in [2.05, 4.69) is 32.5 Å². The number of aryl methyl sites for hydroxylation is 1. The molecule has 0 aliphatic rings. The van der Waals surface area contributed by atoms with Gasteiger partial charge in [-0.15, -0.1) is 10.2 Å². The first-order chi connectivity index (χ1) is 14.7. The van der Waals surface area contributed by atoms with Crippen LogP contribution in [0.3, 0.4) is 0 Å². The molecule has 0 spiro atoms. The number of H-pyrrole nitrogens is 1. The van der Waals surface area contributed by atoms with Crippen molar-refractivity contribution in [2.75, 3.05) is 0 Å². The monoisotopic (exact) mass is 422 g/mol. The molecule has 4 rings (SSSR count). The van der Waals surface area contributed by atoms with E-state index in [0.717, 1.165) is 53.0 Å². The molecule has 4 aromatic rings. The smallest absolute Gasteiger partial charge is 0.206 e. The molecule has 2 heterocycles. The number of unbranched alkanes of at least 4 members (excludes halogenated alkanes) is 1. The van der Waals surface area contributed by atoms with Crippen molar-refractivity contribution in [2.24, 2.45) is 0 Å². The fourth-order valence-electron chi connectivity index (χ4n) is 3.56. The summed E-state index contributed by atoms with van der Waals surface area (Å²) >= 11 is 6.91. The zero-order chi connectivity index (χ0) is 20.9. The molecule has 0 atom stereocenters. The highest BCUT2D eigenvalue weighted by Crippen LogP contribution is 2.38. The highest BCUT2D eigenvalue weighted by Gasteiger charge is 2.20. The lowest BCUT2D eigenvalue weighted by molar-refractivity contribution is 0.271. The molecule has 8 heteroatoms. The summed E-state index contributed by atoms with van der Waals surface area (Å²) in [5.41, 5.74) is 4.36. The van der Waals surface area contributed by atoms with Crippen LogP contribution in [0.5, 0.6) is 0 Å². The molecule has 2 aromatic heterocycles. The Bertz CT molecular complexity index is 1110. The van der Waals surface area contributed by atoms with Crippen molar-refractivity contribution in [3.63, 3.8) is 0 Å². The van der Waals surface area contributed by atoms with Crippen LogP contribution < -0.4 is 0 Å². The molecule has 154 valence electrons. The number of hydrogen-bond acceptors (Lipinski definition) is 5. The number of halogens is 1. The van der Waals surface area contributed by atoms with Crippen LogP contribution in [0.1, 0.15) is 36.8 Å². The Balaban J connectivity index is 1.80. The van der Waals surface area contributed by atoms with E-state index in [1.54, 1.807) is 6.20 Å². The molecular formula is C22H23ClN6O. The van der Waals surface area contributed by atoms with Crippen LogP contribution in [0, 0.1) is 0 Å². The van der Waals surface area contributed by atoms with Crippen LogP contribution >= 0.6 is 11.6 Å². The quantitative estimate of drug-likeness (QED) is 0.442. The van der Waals surface area contributed by atoms with Crippen LogP contribution in [0.2, 0.25) is 5.02 Å². The van der Waals surface area contributed by atoms with Crippen LogP contribution in [0.4, 0.5) is 0 Å². The number of hydrogen-bond donors (Lipinski definition) is 2. The molecular weight excluding hydrogens is 400 g/mol. The molecule has 0 bridgehead atoms. The standard InChI is InChI=1S/C22H23ClN6O/c1-2-3-9-19-24-12-17(14-30)29(19)13-16-10-11-18(15-7-5-4-6-8-15)20(21(16)23)22-25-27-28-26-22/h4-8,10-12,30H,2-3,9,13-14H2,1H3,(H,25,26,27,28). The molecule has 0 amide bonds. The Morgan fingerprint density at radius 2 is 1.97 bits per heavy atom. The van der Waals surface area contributed by atoms with Crippen molar-refractivity contribution < 1.29 is 5.11 Å². The van der Waals surface area contributed by atoms with Crippen molar-refractivity contribution in [3.8, 4) is 22.5 Å². The van der Waals surface area contributed by atoms with Gasteiger partial charge in [0.15, 0.2) is 0 Å². The number of aliphatic hydroxyl groups excluding tert-OH is 1. The molecule has 0 radical (unpaired) electrons. The third-order valence-electron chi connectivity index (χ3n) is 5.14. The molecule has 0 unspecified atom stereocenters. The maximum Gasteiger partial charge on any atom is 0.206 e. The predicted molar refractivity (Wildman–Crippen MR) is 116 cm³/mol. The fourth-order valence-corrected chi connectivity index (χ4v) is 3.87. The van der Waals surface area contributed by atoms with Crippen molar-refractivity contribution in [3.05, 3.63) is 70.8 Å². The summed E-state index contributed by atoms with van der Waals surface area (Å²) in [4.78, 5) is 4.51. The number of tetrazole rings is 1. The van der Waals surface area contributed by atoms with Gasteiger partial charge in [-0.1, -0.05) is 67.4 Å². The number of rotatable bonds is 8. The van der Waals surface area contributed by atoms with Gasteiger partial charge < -0.3 is 9.67 Å². The van der Waals surface area contributed by atoms with Gasteiger partial charge in [0.05, 0.1) is 30.1 Å². The zero-order valence-electron chi connectivity index (χ0n) is 16.7. The summed E-state index contributed by atoms with van der Waals surface area (Å²) in [6, 6.07) is 14.0. The maximum absolute atomic E-state index is 9.78. The average Bonchev–Trinajstić information content (AvgIpc) is 3.44.